The zero-order chi connectivity index (χ0) is 20.3. The van der Waals surface area contributed by atoms with Crippen LogP contribution in [-0.2, 0) is 22.2 Å². The molecule has 5 heteroatoms. The van der Waals surface area contributed by atoms with Crippen molar-refractivity contribution in [3.63, 3.8) is 0 Å². The predicted molar refractivity (Wildman–Crippen MR) is 116 cm³/mol. The lowest BCUT2D eigenvalue weighted by atomic mass is 9.96. The molecular formula is C23H30N2O2S. The molecule has 0 spiro atoms. The average molecular weight is 399 g/mol. The predicted octanol–water partition coefficient (Wildman–Crippen LogP) is 3.71. The van der Waals surface area contributed by atoms with E-state index in [-0.39, 0.29) is 23.9 Å². The molecule has 1 amide bonds. The van der Waals surface area contributed by atoms with Gasteiger partial charge in [0.25, 0.3) is 0 Å². The van der Waals surface area contributed by atoms with Crippen molar-refractivity contribution in [3.8, 4) is 11.1 Å². The molecule has 28 heavy (non-hydrogen) atoms. The highest BCUT2D eigenvalue weighted by atomic mass is 32.2. The van der Waals surface area contributed by atoms with Crippen LogP contribution in [0.4, 0.5) is 0 Å². The molecule has 3 unspecified atom stereocenters. The number of hydrogen-bond donors (Lipinski definition) is 1. The summed E-state index contributed by atoms with van der Waals surface area (Å²) in [5, 5.41) is 0. The van der Waals surface area contributed by atoms with Crippen molar-refractivity contribution in [2.75, 3.05) is 12.8 Å². The van der Waals surface area contributed by atoms with Crippen LogP contribution in [0.15, 0.2) is 48.5 Å². The van der Waals surface area contributed by atoms with Crippen LogP contribution in [-0.4, -0.2) is 39.9 Å². The van der Waals surface area contributed by atoms with E-state index in [0.717, 1.165) is 12.8 Å². The largest absolute Gasteiger partial charge is 0.337 e. The van der Waals surface area contributed by atoms with E-state index in [0.29, 0.717) is 6.54 Å². The maximum atomic E-state index is 12.7. The first kappa shape index (κ1) is 20.7. The Hall–Kier alpha value is -1.98. The molecule has 1 aliphatic rings. The normalized spacial score (nSPS) is 20.5. The fourth-order valence-corrected chi connectivity index (χ4v) is 4.71. The van der Waals surface area contributed by atoms with Gasteiger partial charge in [0.2, 0.25) is 5.91 Å². The smallest absolute Gasteiger partial charge is 0.225 e. The Morgan fingerprint density at radius 1 is 1.18 bits per heavy atom. The lowest BCUT2D eigenvalue weighted by molar-refractivity contribution is -0.135. The van der Waals surface area contributed by atoms with E-state index in [2.05, 4.69) is 60.2 Å². The molecule has 1 aliphatic heterocycles. The molecular weight excluding hydrogens is 368 g/mol. The quantitative estimate of drug-likeness (QED) is 0.806. The van der Waals surface area contributed by atoms with Gasteiger partial charge in [0.05, 0.1) is 17.0 Å². The molecule has 0 saturated carbocycles. The number of nitrogens with one attached hydrogen (secondary N) is 1. The van der Waals surface area contributed by atoms with Crippen LogP contribution in [0.3, 0.4) is 0 Å². The number of amides is 1. The third-order valence-electron chi connectivity index (χ3n) is 5.36. The fourth-order valence-electron chi connectivity index (χ4n) is 4.01. The summed E-state index contributed by atoms with van der Waals surface area (Å²) in [6.07, 6.45) is 3.25. The summed E-state index contributed by atoms with van der Waals surface area (Å²) < 4.78 is 14.9. The van der Waals surface area contributed by atoms with Crippen molar-refractivity contribution in [2.45, 2.75) is 45.7 Å². The van der Waals surface area contributed by atoms with Crippen LogP contribution < -0.4 is 4.72 Å². The topological polar surface area (TPSA) is 49.4 Å². The van der Waals surface area contributed by atoms with Gasteiger partial charge in [-0.25, -0.2) is 8.93 Å². The average Bonchev–Trinajstić information content (AvgIpc) is 3.02. The lowest BCUT2D eigenvalue weighted by Gasteiger charge is -2.30. The summed E-state index contributed by atoms with van der Waals surface area (Å²) in [6.45, 7) is 6.70. The Kier molecular flexibility index (Phi) is 6.68. The minimum Gasteiger partial charge on any atom is -0.337 e. The van der Waals surface area contributed by atoms with E-state index < -0.39 is 11.0 Å². The molecule has 1 heterocycles. The third-order valence-corrected chi connectivity index (χ3v) is 6.00. The second kappa shape index (κ2) is 9.01. The van der Waals surface area contributed by atoms with Crippen molar-refractivity contribution in [1.82, 2.24) is 9.62 Å². The zero-order valence-corrected chi connectivity index (χ0v) is 18.0. The molecule has 150 valence electrons. The number of carbonyl (C=O) groups is 1. The summed E-state index contributed by atoms with van der Waals surface area (Å²) in [4.78, 5) is 14.7. The summed E-state index contributed by atoms with van der Waals surface area (Å²) in [7, 11) is -1.10. The fraction of sp³-hybridized carbons (Fsp3) is 0.435. The van der Waals surface area contributed by atoms with Gasteiger partial charge in [-0.3, -0.25) is 4.79 Å². The van der Waals surface area contributed by atoms with E-state index in [1.165, 1.54) is 22.3 Å². The molecule has 2 aromatic rings. The number of nitrogens with zero attached hydrogens (tertiary/aromatic N) is 1. The molecule has 4 nitrogen and oxygen atoms in total. The number of carbonyl (C=O) groups excluding carboxylic acids is 1. The van der Waals surface area contributed by atoms with Gasteiger partial charge in [0.15, 0.2) is 0 Å². The Balaban J connectivity index is 1.86. The van der Waals surface area contributed by atoms with Crippen molar-refractivity contribution >= 4 is 16.9 Å². The highest BCUT2D eigenvalue weighted by Gasteiger charge is 2.38. The molecule has 3 atom stereocenters. The molecule has 0 aromatic heterocycles. The second-order valence-electron chi connectivity index (χ2n) is 7.99. The standard InChI is InChI=1S/C23H30N2O2S/c1-16(2)23(26)25-12-11-21(24-28(4)27)22(25)15-18-8-6-10-20(14-18)19-9-5-7-17(3)13-19/h5-10,13-14,16,21-22,24H,11-12,15H2,1-4H3. The van der Waals surface area contributed by atoms with E-state index in [1.807, 2.05) is 18.7 Å². The van der Waals surface area contributed by atoms with Gasteiger partial charge in [-0.15, -0.1) is 0 Å². The third kappa shape index (κ3) is 4.89. The first-order valence-corrected chi connectivity index (χ1v) is 11.5. The second-order valence-corrected chi connectivity index (χ2v) is 9.14. The van der Waals surface area contributed by atoms with Crippen LogP contribution in [0, 0.1) is 12.8 Å². The maximum absolute atomic E-state index is 12.7. The van der Waals surface area contributed by atoms with E-state index >= 15 is 0 Å². The van der Waals surface area contributed by atoms with Crippen molar-refractivity contribution < 1.29 is 9.00 Å². The van der Waals surface area contributed by atoms with E-state index in [1.54, 1.807) is 6.26 Å². The minimum atomic E-state index is -1.10. The molecule has 1 N–H and O–H groups in total. The summed E-state index contributed by atoms with van der Waals surface area (Å²) in [6, 6.07) is 17.1. The molecule has 1 saturated heterocycles. The maximum Gasteiger partial charge on any atom is 0.225 e. The Bertz CT molecular complexity index is 865. The Morgan fingerprint density at radius 3 is 2.50 bits per heavy atom. The minimum absolute atomic E-state index is 0.0200. The molecule has 0 aliphatic carbocycles. The first-order valence-electron chi connectivity index (χ1n) is 9.91. The van der Waals surface area contributed by atoms with Crippen LogP contribution in [0.5, 0.6) is 0 Å². The van der Waals surface area contributed by atoms with Crippen LogP contribution in [0.1, 0.15) is 31.4 Å². The summed E-state index contributed by atoms with van der Waals surface area (Å²) >= 11 is 0. The van der Waals surface area contributed by atoms with Gasteiger partial charge in [0, 0.05) is 24.8 Å². The number of hydrogen-bond acceptors (Lipinski definition) is 2. The number of benzene rings is 2. The number of aryl methyl sites for hydroxylation is 1. The Labute approximate surface area is 170 Å². The van der Waals surface area contributed by atoms with Gasteiger partial charge in [-0.05, 0) is 36.5 Å². The molecule has 3 rings (SSSR count). The van der Waals surface area contributed by atoms with Crippen LogP contribution >= 0.6 is 0 Å². The molecule has 0 radical (unpaired) electrons. The van der Waals surface area contributed by atoms with Gasteiger partial charge in [-0.2, -0.15) is 0 Å². The monoisotopic (exact) mass is 398 g/mol. The van der Waals surface area contributed by atoms with Crippen LogP contribution in [0.2, 0.25) is 0 Å². The Morgan fingerprint density at radius 2 is 1.86 bits per heavy atom. The number of likely N-dealkylation sites (tertiary alicyclic amines) is 1. The summed E-state index contributed by atoms with van der Waals surface area (Å²) in [5.74, 6) is 0.137. The SMILES string of the molecule is Cc1cccc(-c2cccc(CC3C(NS(C)=O)CCN3C(=O)C(C)C)c2)c1. The van der Waals surface area contributed by atoms with Crippen molar-refractivity contribution in [3.05, 3.63) is 59.7 Å². The van der Waals surface area contributed by atoms with Gasteiger partial charge in [0.1, 0.15) is 0 Å². The number of rotatable bonds is 6. The van der Waals surface area contributed by atoms with Crippen molar-refractivity contribution in [1.29, 1.82) is 0 Å². The molecule has 0 bridgehead atoms. The van der Waals surface area contributed by atoms with Crippen molar-refractivity contribution in [2.24, 2.45) is 5.92 Å². The highest BCUT2D eigenvalue weighted by molar-refractivity contribution is 7.82. The molecule has 1 fully saturated rings. The van der Waals surface area contributed by atoms with Gasteiger partial charge < -0.3 is 4.90 Å². The van der Waals surface area contributed by atoms with Gasteiger partial charge >= 0.3 is 0 Å². The van der Waals surface area contributed by atoms with Crippen LogP contribution in [0.25, 0.3) is 11.1 Å². The lowest BCUT2D eigenvalue weighted by Crippen LogP contribution is -2.47. The zero-order valence-electron chi connectivity index (χ0n) is 17.1. The first-order chi connectivity index (χ1) is 13.3. The molecule has 2 aromatic carbocycles. The van der Waals surface area contributed by atoms with Gasteiger partial charge in [-0.1, -0.05) is 67.9 Å². The highest BCUT2D eigenvalue weighted by Crippen LogP contribution is 2.27. The summed E-state index contributed by atoms with van der Waals surface area (Å²) in [5.41, 5.74) is 4.82. The van der Waals surface area contributed by atoms with E-state index in [9.17, 15) is 9.00 Å². The van der Waals surface area contributed by atoms with E-state index in [4.69, 9.17) is 0 Å².